The minimum Gasteiger partial charge on any atom is -0.468 e. The van der Waals surface area contributed by atoms with Gasteiger partial charge in [-0.1, -0.05) is 13.0 Å². The van der Waals surface area contributed by atoms with Gasteiger partial charge in [0.05, 0.1) is 12.0 Å². The minimum absolute atomic E-state index is 0. The van der Waals surface area contributed by atoms with E-state index in [4.69, 9.17) is 5.73 Å². The van der Waals surface area contributed by atoms with Crippen molar-refractivity contribution in [2.24, 2.45) is 11.7 Å². The monoisotopic (exact) mass is 365 g/mol. The Kier molecular flexibility index (Phi) is 8.77. The molecule has 1 rings (SSSR count). The van der Waals surface area contributed by atoms with Gasteiger partial charge in [0.15, 0.2) is 0 Å². The molecule has 4 N–H and O–H groups in total. The molecule has 0 aliphatic heterocycles. The third-order valence-corrected chi connectivity index (χ3v) is 4.25. The third kappa shape index (κ3) is 6.53. The van der Waals surface area contributed by atoms with Crippen LogP contribution in [0.5, 0.6) is 0 Å². The van der Waals surface area contributed by atoms with E-state index in [9.17, 15) is 18.0 Å². The zero-order valence-electron chi connectivity index (χ0n) is 12.7. The molecule has 23 heavy (non-hydrogen) atoms. The Labute approximate surface area is 141 Å². The first kappa shape index (κ1) is 21.3. The maximum atomic E-state index is 12.0. The summed E-state index contributed by atoms with van der Waals surface area (Å²) in [6.45, 7) is 1.37. The number of halogens is 1. The summed E-state index contributed by atoms with van der Waals surface area (Å²) >= 11 is 0. The first-order chi connectivity index (χ1) is 10.3. The average molecular weight is 366 g/mol. The molecule has 1 amide bonds. The van der Waals surface area contributed by atoms with Crippen LogP contribution in [0.1, 0.15) is 6.92 Å². The summed E-state index contributed by atoms with van der Waals surface area (Å²) in [7, 11) is -2.72. The Morgan fingerprint density at radius 3 is 2.57 bits per heavy atom. The summed E-state index contributed by atoms with van der Waals surface area (Å²) in [5.74, 6) is -1.40. The van der Waals surface area contributed by atoms with E-state index in [0.29, 0.717) is 5.69 Å². The van der Waals surface area contributed by atoms with Gasteiger partial charge in [-0.3, -0.25) is 9.59 Å². The van der Waals surface area contributed by atoms with Gasteiger partial charge in [-0.05, 0) is 18.2 Å². The van der Waals surface area contributed by atoms with Gasteiger partial charge in [0, 0.05) is 18.2 Å². The summed E-state index contributed by atoms with van der Waals surface area (Å²) in [6, 6.07) is 5.68. The molecule has 0 heterocycles. The minimum atomic E-state index is -3.88. The molecule has 0 aromatic heterocycles. The van der Waals surface area contributed by atoms with E-state index in [-0.39, 0.29) is 29.8 Å². The molecule has 130 valence electrons. The van der Waals surface area contributed by atoms with E-state index >= 15 is 0 Å². The van der Waals surface area contributed by atoms with Crippen molar-refractivity contribution in [1.82, 2.24) is 4.72 Å². The molecule has 0 saturated heterocycles. The second-order valence-corrected chi connectivity index (χ2v) is 6.32. The van der Waals surface area contributed by atoms with Crippen LogP contribution < -0.4 is 15.8 Å². The van der Waals surface area contributed by atoms with Crippen molar-refractivity contribution in [1.29, 1.82) is 0 Å². The van der Waals surface area contributed by atoms with E-state index in [1.165, 1.54) is 18.2 Å². The van der Waals surface area contributed by atoms with Crippen LogP contribution in [0.15, 0.2) is 29.2 Å². The lowest BCUT2D eigenvalue weighted by Gasteiger charge is -2.11. The fourth-order valence-corrected chi connectivity index (χ4v) is 2.44. The number of sulfonamides is 1. The van der Waals surface area contributed by atoms with Gasteiger partial charge in [0.1, 0.15) is 6.54 Å². The first-order valence-corrected chi connectivity index (χ1v) is 7.96. The number of carbonyl (C=O) groups is 2. The van der Waals surface area contributed by atoms with Crippen LogP contribution in [0, 0.1) is 5.92 Å². The highest BCUT2D eigenvalue weighted by Gasteiger charge is 2.17. The van der Waals surface area contributed by atoms with Crippen molar-refractivity contribution in [2.45, 2.75) is 11.8 Å². The van der Waals surface area contributed by atoms with E-state index in [2.05, 4.69) is 14.8 Å². The number of hydrogen-bond acceptors (Lipinski definition) is 6. The Hall–Kier alpha value is -1.68. The molecule has 1 unspecified atom stereocenters. The zero-order chi connectivity index (χ0) is 16.8. The maximum absolute atomic E-state index is 12.0. The average Bonchev–Trinajstić information content (AvgIpc) is 2.51. The number of ether oxygens (including phenoxy) is 1. The normalized spacial score (nSPS) is 12.0. The van der Waals surface area contributed by atoms with E-state index in [1.54, 1.807) is 13.0 Å². The van der Waals surface area contributed by atoms with Crippen molar-refractivity contribution in [3.8, 4) is 0 Å². The standard InChI is InChI=1S/C13H19N3O5S.ClH/c1-9(7-14)13(18)16-10-4-3-5-11(6-10)22(19,20)15-8-12(17)21-2;/h3-6,9,15H,7-8,14H2,1-2H3,(H,16,18);1H. The lowest BCUT2D eigenvalue weighted by atomic mass is 10.1. The summed E-state index contributed by atoms with van der Waals surface area (Å²) in [5, 5.41) is 2.58. The van der Waals surface area contributed by atoms with Crippen molar-refractivity contribution in [2.75, 3.05) is 25.5 Å². The fourth-order valence-electron chi connectivity index (χ4n) is 1.42. The van der Waals surface area contributed by atoms with Gasteiger partial charge in [-0.15, -0.1) is 12.4 Å². The Morgan fingerprint density at radius 2 is 2.00 bits per heavy atom. The van der Waals surface area contributed by atoms with Crippen LogP contribution >= 0.6 is 12.4 Å². The highest BCUT2D eigenvalue weighted by molar-refractivity contribution is 7.89. The number of esters is 1. The quantitative estimate of drug-likeness (QED) is 0.588. The number of nitrogens with one attached hydrogen (secondary N) is 2. The Balaban J connectivity index is 0.00000484. The predicted octanol–water partition coefficient (Wildman–Crippen LogP) is 0.0930. The van der Waals surface area contributed by atoms with Crippen molar-refractivity contribution in [3.63, 3.8) is 0 Å². The fraction of sp³-hybridized carbons (Fsp3) is 0.385. The largest absolute Gasteiger partial charge is 0.468 e. The van der Waals surface area contributed by atoms with Gasteiger partial charge in [0.25, 0.3) is 0 Å². The highest BCUT2D eigenvalue weighted by Crippen LogP contribution is 2.16. The van der Waals surface area contributed by atoms with Crippen LogP contribution in [0.3, 0.4) is 0 Å². The van der Waals surface area contributed by atoms with Crippen molar-refractivity contribution in [3.05, 3.63) is 24.3 Å². The number of anilines is 1. The van der Waals surface area contributed by atoms with Crippen LogP contribution in [0.4, 0.5) is 5.69 Å². The molecule has 0 saturated carbocycles. The molecule has 0 aliphatic rings. The molecule has 0 radical (unpaired) electrons. The zero-order valence-corrected chi connectivity index (χ0v) is 14.4. The number of hydrogen-bond donors (Lipinski definition) is 3. The second kappa shape index (κ2) is 9.46. The SMILES string of the molecule is COC(=O)CNS(=O)(=O)c1cccc(NC(=O)C(C)CN)c1.Cl. The van der Waals surface area contributed by atoms with Gasteiger partial charge < -0.3 is 15.8 Å². The highest BCUT2D eigenvalue weighted by atomic mass is 35.5. The van der Waals surface area contributed by atoms with Gasteiger partial charge in [-0.25, -0.2) is 8.42 Å². The molecular weight excluding hydrogens is 346 g/mol. The molecular formula is C13H20ClN3O5S. The van der Waals surface area contributed by atoms with Gasteiger partial charge in [-0.2, -0.15) is 4.72 Å². The number of benzene rings is 1. The van der Waals surface area contributed by atoms with Crippen LogP contribution in [-0.4, -0.2) is 40.5 Å². The molecule has 10 heteroatoms. The van der Waals surface area contributed by atoms with Gasteiger partial charge in [0.2, 0.25) is 15.9 Å². The smallest absolute Gasteiger partial charge is 0.320 e. The van der Waals surface area contributed by atoms with Crippen molar-refractivity contribution >= 4 is 40.0 Å². The Morgan fingerprint density at radius 1 is 1.35 bits per heavy atom. The summed E-state index contributed by atoms with van der Waals surface area (Å²) in [6.07, 6.45) is 0. The number of methoxy groups -OCH3 is 1. The number of carbonyl (C=O) groups excluding carboxylic acids is 2. The molecule has 1 atom stereocenters. The summed E-state index contributed by atoms with van der Waals surface area (Å²) in [4.78, 5) is 22.7. The lowest BCUT2D eigenvalue weighted by molar-refractivity contribution is -0.139. The van der Waals surface area contributed by atoms with E-state index in [1.807, 2.05) is 0 Å². The summed E-state index contributed by atoms with van der Waals surface area (Å²) in [5.41, 5.74) is 5.72. The van der Waals surface area contributed by atoms with Crippen molar-refractivity contribution < 1.29 is 22.7 Å². The predicted molar refractivity (Wildman–Crippen MR) is 87.7 cm³/mol. The van der Waals surface area contributed by atoms with Gasteiger partial charge >= 0.3 is 5.97 Å². The second-order valence-electron chi connectivity index (χ2n) is 4.55. The number of rotatable bonds is 7. The molecule has 0 spiro atoms. The first-order valence-electron chi connectivity index (χ1n) is 6.47. The number of amides is 1. The van der Waals surface area contributed by atoms with Crippen LogP contribution in [0.2, 0.25) is 0 Å². The number of nitrogens with two attached hydrogens (primary N) is 1. The summed E-state index contributed by atoms with van der Waals surface area (Å²) < 4.78 is 30.5. The molecule has 0 fully saturated rings. The van der Waals surface area contributed by atoms with E-state index < -0.39 is 28.5 Å². The molecule has 0 bridgehead atoms. The molecule has 8 nitrogen and oxygen atoms in total. The Bertz CT molecular complexity index is 651. The molecule has 0 aliphatic carbocycles. The lowest BCUT2D eigenvalue weighted by Crippen LogP contribution is -2.30. The van der Waals surface area contributed by atoms with Crippen LogP contribution in [0.25, 0.3) is 0 Å². The maximum Gasteiger partial charge on any atom is 0.320 e. The van der Waals surface area contributed by atoms with E-state index in [0.717, 1.165) is 7.11 Å². The third-order valence-electron chi connectivity index (χ3n) is 2.85. The van der Waals surface area contributed by atoms with Crippen LogP contribution in [-0.2, 0) is 24.3 Å². The topological polar surface area (TPSA) is 128 Å². The molecule has 1 aromatic carbocycles. The molecule has 1 aromatic rings.